The summed E-state index contributed by atoms with van der Waals surface area (Å²) < 4.78 is 0. The zero-order valence-corrected chi connectivity index (χ0v) is 15.0. The average molecular weight is 338 g/mol. The van der Waals surface area contributed by atoms with Gasteiger partial charge in [0.1, 0.15) is 12.0 Å². The first-order valence-corrected chi connectivity index (χ1v) is 9.05. The molecule has 3 heterocycles. The molecule has 2 aliphatic rings. The van der Waals surface area contributed by atoms with Gasteiger partial charge in [-0.25, -0.2) is 9.97 Å². The minimum absolute atomic E-state index is 0.371. The van der Waals surface area contributed by atoms with Crippen molar-refractivity contribution in [3.05, 3.63) is 35.8 Å². The number of fused-ring (bicyclic) bond motifs is 2. The van der Waals surface area contributed by atoms with E-state index in [-0.39, 0.29) is 0 Å². The molecule has 0 aliphatic carbocycles. The van der Waals surface area contributed by atoms with Crippen LogP contribution in [0.4, 0.5) is 22.9 Å². The smallest absolute Gasteiger partial charge is 0.160 e. The van der Waals surface area contributed by atoms with Crippen LogP contribution in [-0.4, -0.2) is 47.1 Å². The molecular weight excluding hydrogens is 312 g/mol. The minimum atomic E-state index is 0.371. The number of nitrogens with zero attached hydrogens (tertiary/aromatic N) is 4. The van der Waals surface area contributed by atoms with Crippen LogP contribution in [0.5, 0.6) is 0 Å². The molecule has 0 saturated carbocycles. The number of aromatic nitrogens is 2. The summed E-state index contributed by atoms with van der Waals surface area (Å²) in [4.78, 5) is 13.6. The maximum atomic E-state index is 6.03. The first kappa shape index (κ1) is 16.3. The van der Waals surface area contributed by atoms with Crippen LogP contribution in [0.1, 0.15) is 24.0 Å². The van der Waals surface area contributed by atoms with E-state index < -0.39 is 0 Å². The van der Waals surface area contributed by atoms with Gasteiger partial charge in [0.05, 0.1) is 17.6 Å². The van der Waals surface area contributed by atoms with Crippen molar-refractivity contribution >= 4 is 22.9 Å². The van der Waals surface area contributed by atoms with E-state index in [1.165, 1.54) is 16.8 Å². The normalized spacial score (nSPS) is 17.8. The van der Waals surface area contributed by atoms with E-state index in [1.807, 2.05) is 6.20 Å². The van der Waals surface area contributed by atoms with Crippen LogP contribution in [0, 0.1) is 13.8 Å². The first-order chi connectivity index (χ1) is 12.1. The number of rotatable bonds is 3. The van der Waals surface area contributed by atoms with E-state index in [9.17, 15) is 0 Å². The van der Waals surface area contributed by atoms with Gasteiger partial charge in [-0.3, -0.25) is 0 Å². The molecule has 0 amide bonds. The molecule has 1 aromatic heterocycles. The Balaban J connectivity index is 1.61. The third-order valence-corrected chi connectivity index (χ3v) is 5.39. The summed E-state index contributed by atoms with van der Waals surface area (Å²) >= 11 is 0. The zero-order chi connectivity index (χ0) is 17.4. The number of piperidine rings is 1. The molecule has 3 N–H and O–H groups in total. The van der Waals surface area contributed by atoms with Gasteiger partial charge in [0.2, 0.25) is 0 Å². The van der Waals surface area contributed by atoms with Crippen molar-refractivity contribution in [1.82, 2.24) is 14.9 Å². The van der Waals surface area contributed by atoms with Gasteiger partial charge in [0, 0.05) is 19.1 Å². The van der Waals surface area contributed by atoms with Gasteiger partial charge in [-0.2, -0.15) is 0 Å². The van der Waals surface area contributed by atoms with Crippen molar-refractivity contribution in [2.24, 2.45) is 5.73 Å². The molecule has 1 saturated heterocycles. The van der Waals surface area contributed by atoms with Crippen LogP contribution in [0.3, 0.4) is 0 Å². The lowest BCUT2D eigenvalue weighted by molar-refractivity contribution is 0.218. The Kier molecular flexibility index (Phi) is 4.31. The predicted octanol–water partition coefficient (Wildman–Crippen LogP) is 2.71. The predicted molar refractivity (Wildman–Crippen MR) is 102 cm³/mol. The van der Waals surface area contributed by atoms with E-state index >= 15 is 0 Å². The molecule has 1 aromatic carbocycles. The van der Waals surface area contributed by atoms with Gasteiger partial charge in [-0.1, -0.05) is 0 Å². The molecule has 0 unspecified atom stereocenters. The second-order valence-electron chi connectivity index (χ2n) is 7.17. The number of hydrogen-bond donors (Lipinski definition) is 2. The minimum Gasteiger partial charge on any atom is -0.350 e. The molecule has 132 valence electrons. The monoisotopic (exact) mass is 338 g/mol. The van der Waals surface area contributed by atoms with Crippen molar-refractivity contribution in [2.75, 3.05) is 36.4 Å². The van der Waals surface area contributed by atoms with Gasteiger partial charge in [-0.15, -0.1) is 0 Å². The van der Waals surface area contributed by atoms with Gasteiger partial charge in [0.25, 0.3) is 0 Å². The Labute approximate surface area is 149 Å². The number of anilines is 4. The SMILES string of the molecule is Cc1cc2c(cc1C)N(CCN1CCC(N)CC1)c1ncncc1N2. The summed E-state index contributed by atoms with van der Waals surface area (Å²) in [7, 11) is 0. The van der Waals surface area contributed by atoms with Crippen LogP contribution in [-0.2, 0) is 0 Å². The largest absolute Gasteiger partial charge is 0.350 e. The van der Waals surface area contributed by atoms with E-state index in [4.69, 9.17) is 5.73 Å². The average Bonchev–Trinajstić information content (AvgIpc) is 2.61. The Morgan fingerprint density at radius 3 is 2.68 bits per heavy atom. The lowest BCUT2D eigenvalue weighted by Gasteiger charge is -2.36. The van der Waals surface area contributed by atoms with Crippen molar-refractivity contribution < 1.29 is 0 Å². The molecule has 0 spiro atoms. The van der Waals surface area contributed by atoms with Crippen LogP contribution in [0.25, 0.3) is 0 Å². The molecule has 0 radical (unpaired) electrons. The van der Waals surface area contributed by atoms with Gasteiger partial charge >= 0.3 is 0 Å². The zero-order valence-electron chi connectivity index (χ0n) is 15.0. The first-order valence-electron chi connectivity index (χ1n) is 9.05. The van der Waals surface area contributed by atoms with Gasteiger partial charge in [-0.05, 0) is 63.0 Å². The number of nitrogens with two attached hydrogens (primary N) is 1. The quantitative estimate of drug-likeness (QED) is 0.897. The standard InChI is InChI=1S/C19H26N6/c1-13-9-16-18(10-14(13)2)25(19-17(23-16)11-21-12-22-19)8-7-24-5-3-15(20)4-6-24/h9-12,15,23H,3-8,20H2,1-2H3. The van der Waals surface area contributed by atoms with Crippen LogP contribution < -0.4 is 16.0 Å². The maximum Gasteiger partial charge on any atom is 0.160 e. The summed E-state index contributed by atoms with van der Waals surface area (Å²) in [5, 5.41) is 3.49. The highest BCUT2D eigenvalue weighted by Crippen LogP contribution is 2.42. The fourth-order valence-corrected chi connectivity index (χ4v) is 3.65. The lowest BCUT2D eigenvalue weighted by Crippen LogP contribution is -2.43. The summed E-state index contributed by atoms with van der Waals surface area (Å²) in [5.74, 6) is 0.958. The van der Waals surface area contributed by atoms with Crippen molar-refractivity contribution in [3.63, 3.8) is 0 Å². The van der Waals surface area contributed by atoms with Crippen molar-refractivity contribution in [2.45, 2.75) is 32.7 Å². The van der Waals surface area contributed by atoms with Gasteiger partial charge < -0.3 is 20.9 Å². The highest BCUT2D eigenvalue weighted by atomic mass is 15.3. The highest BCUT2D eigenvalue weighted by molar-refractivity contribution is 5.90. The molecule has 25 heavy (non-hydrogen) atoms. The van der Waals surface area contributed by atoms with Crippen LogP contribution in [0.2, 0.25) is 0 Å². The Hall–Kier alpha value is -2.18. The molecule has 2 aromatic rings. The Morgan fingerprint density at radius 1 is 1.12 bits per heavy atom. The molecule has 0 atom stereocenters. The van der Waals surface area contributed by atoms with Crippen LogP contribution in [0.15, 0.2) is 24.7 Å². The van der Waals surface area contributed by atoms with Crippen LogP contribution >= 0.6 is 0 Å². The topological polar surface area (TPSA) is 70.3 Å². The number of hydrogen-bond acceptors (Lipinski definition) is 6. The summed E-state index contributed by atoms with van der Waals surface area (Å²) in [6.45, 7) is 8.41. The molecule has 6 heteroatoms. The number of nitrogens with one attached hydrogen (secondary N) is 1. The fourth-order valence-electron chi connectivity index (χ4n) is 3.65. The second-order valence-corrected chi connectivity index (χ2v) is 7.17. The third kappa shape index (κ3) is 3.19. The van der Waals surface area contributed by atoms with E-state index in [0.29, 0.717) is 6.04 Å². The van der Waals surface area contributed by atoms with E-state index in [1.54, 1.807) is 6.33 Å². The molecule has 4 rings (SSSR count). The van der Waals surface area contributed by atoms with Crippen molar-refractivity contribution in [3.8, 4) is 0 Å². The lowest BCUT2D eigenvalue weighted by atomic mass is 10.0. The number of benzene rings is 1. The summed E-state index contributed by atoms with van der Waals surface area (Å²) in [6, 6.07) is 4.85. The molecule has 0 bridgehead atoms. The van der Waals surface area contributed by atoms with Gasteiger partial charge in [0.15, 0.2) is 5.82 Å². The second kappa shape index (κ2) is 6.61. The summed E-state index contributed by atoms with van der Waals surface area (Å²) in [6.07, 6.45) is 5.66. The highest BCUT2D eigenvalue weighted by Gasteiger charge is 2.25. The third-order valence-electron chi connectivity index (χ3n) is 5.39. The molecule has 2 aliphatic heterocycles. The summed E-state index contributed by atoms with van der Waals surface area (Å²) in [5.41, 5.74) is 11.9. The molecule has 6 nitrogen and oxygen atoms in total. The number of likely N-dealkylation sites (tertiary alicyclic amines) is 1. The Morgan fingerprint density at radius 2 is 1.88 bits per heavy atom. The van der Waals surface area contributed by atoms with Crippen molar-refractivity contribution in [1.29, 1.82) is 0 Å². The maximum absolute atomic E-state index is 6.03. The molecular formula is C19H26N6. The fraction of sp³-hybridized carbons (Fsp3) is 0.474. The molecule has 1 fully saturated rings. The van der Waals surface area contributed by atoms with E-state index in [2.05, 4.69) is 51.1 Å². The number of aryl methyl sites for hydroxylation is 2. The Bertz CT molecular complexity index is 767. The van der Waals surface area contributed by atoms with E-state index in [0.717, 1.165) is 56.2 Å².